The molecule has 90 valence electrons. The van der Waals surface area contributed by atoms with Crippen molar-refractivity contribution in [3.8, 4) is 12.0 Å². The van der Waals surface area contributed by atoms with Crippen molar-refractivity contribution in [1.82, 2.24) is 15.0 Å². The summed E-state index contributed by atoms with van der Waals surface area (Å²) in [6.45, 7) is 4.55. The van der Waals surface area contributed by atoms with Gasteiger partial charge in [0.1, 0.15) is 6.10 Å². The second-order valence-corrected chi connectivity index (χ2v) is 3.32. The zero-order chi connectivity index (χ0) is 12.0. The zero-order valence-electron chi connectivity index (χ0n) is 9.44. The molecule has 0 aromatic carbocycles. The molecule has 0 radical (unpaired) electrons. The SMILES string of the molecule is CCOc1nc(Cl)nc(OC(C)COC)n1. The molecule has 1 aromatic rings. The topological polar surface area (TPSA) is 66.4 Å². The average molecular weight is 248 g/mol. The predicted molar refractivity (Wildman–Crippen MR) is 58.0 cm³/mol. The van der Waals surface area contributed by atoms with E-state index in [0.29, 0.717) is 13.2 Å². The minimum Gasteiger partial charge on any atom is -0.464 e. The van der Waals surface area contributed by atoms with Crippen LogP contribution in [0.5, 0.6) is 12.0 Å². The molecule has 16 heavy (non-hydrogen) atoms. The number of aromatic nitrogens is 3. The standard InChI is InChI=1S/C9H14ClN3O3/c1-4-15-8-11-7(10)12-9(13-8)16-6(2)5-14-3/h6H,4-5H2,1-3H3. The smallest absolute Gasteiger partial charge is 0.324 e. The van der Waals surface area contributed by atoms with Gasteiger partial charge < -0.3 is 14.2 Å². The maximum absolute atomic E-state index is 5.69. The monoisotopic (exact) mass is 247 g/mol. The quantitative estimate of drug-likeness (QED) is 0.756. The lowest BCUT2D eigenvalue weighted by atomic mass is 10.4. The summed E-state index contributed by atoms with van der Waals surface area (Å²) in [6, 6.07) is 0.287. The fourth-order valence-electron chi connectivity index (χ4n) is 1.01. The van der Waals surface area contributed by atoms with Crippen LogP contribution in [0.25, 0.3) is 0 Å². The average Bonchev–Trinajstić information content (AvgIpc) is 2.17. The van der Waals surface area contributed by atoms with Crippen molar-refractivity contribution < 1.29 is 14.2 Å². The molecule has 1 rings (SSSR count). The number of ether oxygens (including phenoxy) is 3. The molecule has 0 aliphatic rings. The Bertz CT molecular complexity index is 338. The summed E-state index contributed by atoms with van der Waals surface area (Å²) in [5, 5.41) is 0.0399. The van der Waals surface area contributed by atoms with Crippen LogP contribution in [0.3, 0.4) is 0 Å². The van der Waals surface area contributed by atoms with Gasteiger partial charge in [-0.05, 0) is 25.4 Å². The highest BCUT2D eigenvalue weighted by molar-refractivity contribution is 6.28. The molecule has 1 atom stereocenters. The lowest BCUT2D eigenvalue weighted by Crippen LogP contribution is -2.19. The van der Waals surface area contributed by atoms with Crippen LogP contribution in [-0.2, 0) is 4.74 Å². The lowest BCUT2D eigenvalue weighted by molar-refractivity contribution is 0.0845. The Kier molecular flexibility index (Phi) is 5.21. The van der Waals surface area contributed by atoms with Crippen LogP contribution in [0, 0.1) is 0 Å². The minimum atomic E-state index is -0.169. The molecular weight excluding hydrogens is 234 g/mol. The number of nitrogens with zero attached hydrogens (tertiary/aromatic N) is 3. The van der Waals surface area contributed by atoms with Gasteiger partial charge >= 0.3 is 12.0 Å². The molecule has 0 spiro atoms. The lowest BCUT2D eigenvalue weighted by Gasteiger charge is -2.12. The third-order valence-electron chi connectivity index (χ3n) is 1.55. The first kappa shape index (κ1) is 12.9. The first-order chi connectivity index (χ1) is 7.65. The molecule has 1 heterocycles. The van der Waals surface area contributed by atoms with Gasteiger partial charge in [-0.2, -0.15) is 9.97 Å². The molecular formula is C9H14ClN3O3. The Morgan fingerprint density at radius 1 is 1.25 bits per heavy atom. The Morgan fingerprint density at radius 3 is 2.56 bits per heavy atom. The maximum Gasteiger partial charge on any atom is 0.324 e. The highest BCUT2D eigenvalue weighted by atomic mass is 35.5. The van der Waals surface area contributed by atoms with Gasteiger partial charge in [-0.15, -0.1) is 4.98 Å². The van der Waals surface area contributed by atoms with E-state index in [1.54, 1.807) is 7.11 Å². The summed E-state index contributed by atoms with van der Waals surface area (Å²) < 4.78 is 15.4. The van der Waals surface area contributed by atoms with Gasteiger partial charge in [0.15, 0.2) is 0 Å². The van der Waals surface area contributed by atoms with E-state index >= 15 is 0 Å². The number of methoxy groups -OCH3 is 1. The van der Waals surface area contributed by atoms with E-state index in [2.05, 4.69) is 15.0 Å². The molecule has 0 saturated carbocycles. The highest BCUT2D eigenvalue weighted by Crippen LogP contribution is 2.14. The molecule has 0 amide bonds. The second kappa shape index (κ2) is 6.44. The maximum atomic E-state index is 5.69. The number of rotatable bonds is 6. The molecule has 0 fully saturated rings. The molecule has 1 aromatic heterocycles. The number of halogens is 1. The van der Waals surface area contributed by atoms with E-state index in [9.17, 15) is 0 Å². The third kappa shape index (κ3) is 4.16. The van der Waals surface area contributed by atoms with Crippen molar-refractivity contribution in [1.29, 1.82) is 0 Å². The van der Waals surface area contributed by atoms with E-state index in [4.69, 9.17) is 25.8 Å². The molecule has 7 heteroatoms. The van der Waals surface area contributed by atoms with Crippen LogP contribution in [-0.4, -0.2) is 41.4 Å². The van der Waals surface area contributed by atoms with Crippen molar-refractivity contribution >= 4 is 11.6 Å². The molecule has 0 N–H and O–H groups in total. The molecule has 0 bridgehead atoms. The normalized spacial score (nSPS) is 12.2. The summed E-state index contributed by atoms with van der Waals surface area (Å²) in [4.78, 5) is 11.5. The molecule has 0 aliphatic heterocycles. The van der Waals surface area contributed by atoms with Crippen LogP contribution in [0.1, 0.15) is 13.8 Å². The molecule has 1 unspecified atom stereocenters. The van der Waals surface area contributed by atoms with Gasteiger partial charge in [0.2, 0.25) is 5.28 Å². The summed E-state index contributed by atoms with van der Waals surface area (Å²) in [5.41, 5.74) is 0. The van der Waals surface area contributed by atoms with Crippen LogP contribution in [0.2, 0.25) is 5.28 Å². The number of hydrogen-bond acceptors (Lipinski definition) is 6. The summed E-state index contributed by atoms with van der Waals surface area (Å²) >= 11 is 5.69. The summed E-state index contributed by atoms with van der Waals surface area (Å²) in [7, 11) is 1.59. The van der Waals surface area contributed by atoms with E-state index in [0.717, 1.165) is 0 Å². The highest BCUT2D eigenvalue weighted by Gasteiger charge is 2.10. The Labute approximate surface area is 98.9 Å². The predicted octanol–water partition coefficient (Wildman–Crippen LogP) is 1.34. The van der Waals surface area contributed by atoms with E-state index in [1.165, 1.54) is 0 Å². The third-order valence-corrected chi connectivity index (χ3v) is 1.72. The number of hydrogen-bond donors (Lipinski definition) is 0. The Hall–Kier alpha value is -1.14. The molecule has 6 nitrogen and oxygen atoms in total. The van der Waals surface area contributed by atoms with Gasteiger partial charge in [0.05, 0.1) is 13.2 Å². The summed E-state index contributed by atoms with van der Waals surface area (Å²) in [6.07, 6.45) is -0.169. The van der Waals surface area contributed by atoms with Crippen molar-refractivity contribution in [2.75, 3.05) is 20.3 Å². The van der Waals surface area contributed by atoms with E-state index < -0.39 is 0 Å². The van der Waals surface area contributed by atoms with Crippen LogP contribution < -0.4 is 9.47 Å². The zero-order valence-corrected chi connectivity index (χ0v) is 10.2. The van der Waals surface area contributed by atoms with Gasteiger partial charge in [0, 0.05) is 7.11 Å². The van der Waals surface area contributed by atoms with E-state index in [1.807, 2.05) is 13.8 Å². The van der Waals surface area contributed by atoms with Gasteiger partial charge in [-0.1, -0.05) is 0 Å². The van der Waals surface area contributed by atoms with Crippen molar-refractivity contribution in [3.05, 3.63) is 5.28 Å². The van der Waals surface area contributed by atoms with Crippen molar-refractivity contribution in [2.24, 2.45) is 0 Å². The molecule has 0 aliphatic carbocycles. The van der Waals surface area contributed by atoms with Crippen LogP contribution in [0.15, 0.2) is 0 Å². The van der Waals surface area contributed by atoms with Crippen LogP contribution in [0.4, 0.5) is 0 Å². The van der Waals surface area contributed by atoms with Gasteiger partial charge in [-0.3, -0.25) is 0 Å². The first-order valence-electron chi connectivity index (χ1n) is 4.85. The Balaban J connectivity index is 2.71. The fourth-order valence-corrected chi connectivity index (χ4v) is 1.15. The molecule has 0 saturated heterocycles. The van der Waals surface area contributed by atoms with Gasteiger partial charge in [-0.25, -0.2) is 0 Å². The largest absolute Gasteiger partial charge is 0.464 e. The van der Waals surface area contributed by atoms with Crippen LogP contribution >= 0.6 is 11.6 Å². The minimum absolute atomic E-state index is 0.0399. The summed E-state index contributed by atoms with van der Waals surface area (Å²) in [5.74, 6) is 0. The first-order valence-corrected chi connectivity index (χ1v) is 5.23. The Morgan fingerprint density at radius 2 is 1.94 bits per heavy atom. The van der Waals surface area contributed by atoms with Gasteiger partial charge in [0.25, 0.3) is 0 Å². The van der Waals surface area contributed by atoms with E-state index in [-0.39, 0.29) is 23.4 Å². The fraction of sp³-hybridized carbons (Fsp3) is 0.667. The van der Waals surface area contributed by atoms with Crippen molar-refractivity contribution in [2.45, 2.75) is 20.0 Å². The van der Waals surface area contributed by atoms with Crippen molar-refractivity contribution in [3.63, 3.8) is 0 Å². The second-order valence-electron chi connectivity index (χ2n) is 2.99.